The van der Waals surface area contributed by atoms with Gasteiger partial charge < -0.3 is 10.1 Å². The Hall–Kier alpha value is -2.68. The van der Waals surface area contributed by atoms with Crippen LogP contribution in [0.3, 0.4) is 0 Å². The molecule has 154 valence electrons. The number of hydrogen-bond donors (Lipinski definition) is 1. The maximum Gasteiger partial charge on any atom is 0.289 e. The highest BCUT2D eigenvalue weighted by Gasteiger charge is 2.20. The van der Waals surface area contributed by atoms with Gasteiger partial charge in [-0.05, 0) is 29.8 Å². The van der Waals surface area contributed by atoms with Crippen LogP contribution in [0, 0.1) is 10.1 Å². The molecule has 1 saturated heterocycles. The predicted octanol–water partition coefficient (Wildman–Crippen LogP) is 3.01. The first-order valence-corrected chi connectivity index (χ1v) is 9.64. The van der Waals surface area contributed by atoms with Gasteiger partial charge in [0.05, 0.1) is 18.6 Å². The van der Waals surface area contributed by atoms with Crippen LogP contribution in [0.4, 0.5) is 11.4 Å². The molecular formula is C20H23ClN4O4. The Kier molecular flexibility index (Phi) is 7.03. The first-order chi connectivity index (χ1) is 13.9. The lowest BCUT2D eigenvalue weighted by Gasteiger charge is -2.34. The quantitative estimate of drug-likeness (QED) is 0.549. The highest BCUT2D eigenvalue weighted by Crippen LogP contribution is 2.27. The van der Waals surface area contributed by atoms with Gasteiger partial charge >= 0.3 is 0 Å². The molecule has 9 heteroatoms. The summed E-state index contributed by atoms with van der Waals surface area (Å²) in [7, 11) is 1.66. The van der Waals surface area contributed by atoms with Gasteiger partial charge in [-0.1, -0.05) is 23.7 Å². The van der Waals surface area contributed by atoms with Crippen LogP contribution in [0.5, 0.6) is 5.75 Å². The van der Waals surface area contributed by atoms with Gasteiger partial charge in [-0.25, -0.2) is 0 Å². The van der Waals surface area contributed by atoms with Crippen molar-refractivity contribution in [2.45, 2.75) is 6.54 Å². The Morgan fingerprint density at radius 3 is 2.59 bits per heavy atom. The van der Waals surface area contributed by atoms with E-state index in [9.17, 15) is 14.9 Å². The SMILES string of the molecule is COc1cccc(CN2CCN(CC(=O)Nc3ccc(Cl)c([N+](=O)[O-])c3)CC2)c1. The van der Waals surface area contributed by atoms with Crippen LogP contribution in [0.15, 0.2) is 42.5 Å². The molecule has 8 nitrogen and oxygen atoms in total. The zero-order chi connectivity index (χ0) is 20.8. The molecule has 0 unspecified atom stereocenters. The largest absolute Gasteiger partial charge is 0.497 e. The van der Waals surface area contributed by atoms with Crippen molar-refractivity contribution < 1.29 is 14.5 Å². The summed E-state index contributed by atoms with van der Waals surface area (Å²) in [4.78, 5) is 27.1. The normalized spacial score (nSPS) is 15.1. The molecule has 0 saturated carbocycles. The molecule has 1 aliphatic rings. The molecule has 0 aromatic heterocycles. The molecule has 1 N–H and O–H groups in total. The highest BCUT2D eigenvalue weighted by molar-refractivity contribution is 6.32. The van der Waals surface area contributed by atoms with Crippen molar-refractivity contribution in [2.24, 2.45) is 0 Å². The zero-order valence-corrected chi connectivity index (χ0v) is 16.9. The third-order valence-corrected chi connectivity index (χ3v) is 5.12. The summed E-state index contributed by atoms with van der Waals surface area (Å²) in [5, 5.41) is 13.7. The minimum absolute atomic E-state index is 0.0418. The first-order valence-electron chi connectivity index (χ1n) is 9.26. The minimum Gasteiger partial charge on any atom is -0.497 e. The first kappa shape index (κ1) is 21.0. The van der Waals surface area contributed by atoms with Crippen LogP contribution in [0.2, 0.25) is 5.02 Å². The van der Waals surface area contributed by atoms with E-state index in [2.05, 4.69) is 21.2 Å². The molecule has 0 radical (unpaired) electrons. The fraction of sp³-hybridized carbons (Fsp3) is 0.350. The number of nitro benzene ring substituents is 1. The topological polar surface area (TPSA) is 88.0 Å². The molecular weight excluding hydrogens is 396 g/mol. The average molecular weight is 419 g/mol. The summed E-state index contributed by atoms with van der Waals surface area (Å²) in [6.07, 6.45) is 0. The number of nitro groups is 1. The lowest BCUT2D eigenvalue weighted by Crippen LogP contribution is -2.48. The standard InChI is InChI=1S/C20H23ClN4O4/c1-29-17-4-2-3-15(11-17)13-23-7-9-24(10-8-23)14-20(26)22-16-5-6-18(21)19(12-16)25(27)28/h2-6,11-12H,7-10,13-14H2,1H3,(H,22,26). The summed E-state index contributed by atoms with van der Waals surface area (Å²) in [6, 6.07) is 12.3. The fourth-order valence-electron chi connectivity index (χ4n) is 3.27. The Balaban J connectivity index is 1.47. The van der Waals surface area contributed by atoms with Crippen LogP contribution in [-0.4, -0.2) is 60.5 Å². The van der Waals surface area contributed by atoms with E-state index < -0.39 is 4.92 Å². The van der Waals surface area contributed by atoms with Gasteiger partial charge in [0.2, 0.25) is 5.91 Å². The molecule has 1 heterocycles. The number of anilines is 1. The molecule has 2 aromatic carbocycles. The molecule has 3 rings (SSSR count). The maximum absolute atomic E-state index is 12.3. The van der Waals surface area contributed by atoms with Crippen molar-refractivity contribution in [3.63, 3.8) is 0 Å². The van der Waals surface area contributed by atoms with Crippen LogP contribution < -0.4 is 10.1 Å². The maximum atomic E-state index is 12.3. The van der Waals surface area contributed by atoms with Crippen LogP contribution in [0.25, 0.3) is 0 Å². The second-order valence-electron chi connectivity index (χ2n) is 6.88. The van der Waals surface area contributed by atoms with Crippen LogP contribution in [0.1, 0.15) is 5.56 Å². The van der Waals surface area contributed by atoms with Crippen molar-refractivity contribution >= 4 is 28.9 Å². The van der Waals surface area contributed by atoms with E-state index in [0.29, 0.717) is 5.69 Å². The van der Waals surface area contributed by atoms with Crippen molar-refractivity contribution in [1.82, 2.24) is 9.80 Å². The Labute approximate surface area is 174 Å². The molecule has 0 bridgehead atoms. The van der Waals surface area contributed by atoms with E-state index >= 15 is 0 Å². The van der Waals surface area contributed by atoms with Gasteiger partial charge in [0.25, 0.3) is 5.69 Å². The number of amides is 1. The van der Waals surface area contributed by atoms with Crippen LogP contribution >= 0.6 is 11.6 Å². The van der Waals surface area contributed by atoms with Gasteiger partial charge in [-0.3, -0.25) is 24.7 Å². The van der Waals surface area contributed by atoms with Gasteiger partial charge in [0.15, 0.2) is 0 Å². The third kappa shape index (κ3) is 5.90. The number of carbonyl (C=O) groups excluding carboxylic acids is 1. The lowest BCUT2D eigenvalue weighted by atomic mass is 10.2. The second kappa shape index (κ2) is 9.69. The summed E-state index contributed by atoms with van der Waals surface area (Å²) in [5.41, 5.74) is 1.33. The number of ether oxygens (including phenoxy) is 1. The number of halogens is 1. The number of methoxy groups -OCH3 is 1. The minimum atomic E-state index is -0.570. The highest BCUT2D eigenvalue weighted by atomic mass is 35.5. The Morgan fingerprint density at radius 1 is 1.17 bits per heavy atom. The molecule has 1 amide bonds. The van der Waals surface area contributed by atoms with E-state index in [1.807, 2.05) is 18.2 Å². The lowest BCUT2D eigenvalue weighted by molar-refractivity contribution is -0.384. The smallest absolute Gasteiger partial charge is 0.289 e. The Morgan fingerprint density at radius 2 is 1.90 bits per heavy atom. The van der Waals surface area contributed by atoms with Crippen molar-refractivity contribution in [1.29, 1.82) is 0 Å². The molecule has 29 heavy (non-hydrogen) atoms. The Bertz CT molecular complexity index is 885. The van der Waals surface area contributed by atoms with Crippen molar-refractivity contribution in [2.75, 3.05) is 45.2 Å². The number of rotatable bonds is 7. The molecule has 2 aromatic rings. The van der Waals surface area contributed by atoms with Gasteiger partial charge in [0.1, 0.15) is 10.8 Å². The summed E-state index contributed by atoms with van der Waals surface area (Å²) in [5.74, 6) is 0.642. The molecule has 1 fully saturated rings. The van der Waals surface area contributed by atoms with E-state index in [1.165, 1.54) is 17.7 Å². The van der Waals surface area contributed by atoms with Gasteiger partial charge in [-0.15, -0.1) is 0 Å². The summed E-state index contributed by atoms with van der Waals surface area (Å²) >= 11 is 5.80. The van der Waals surface area contributed by atoms with Crippen molar-refractivity contribution in [3.8, 4) is 5.75 Å². The predicted molar refractivity (Wildman–Crippen MR) is 111 cm³/mol. The zero-order valence-electron chi connectivity index (χ0n) is 16.1. The molecule has 0 aliphatic carbocycles. The summed E-state index contributed by atoms with van der Waals surface area (Å²) in [6.45, 7) is 4.35. The van der Waals surface area contributed by atoms with E-state index in [-0.39, 0.29) is 23.2 Å². The molecule has 0 atom stereocenters. The number of piperazine rings is 1. The number of nitrogens with one attached hydrogen (secondary N) is 1. The van der Waals surface area contributed by atoms with E-state index in [0.717, 1.165) is 38.5 Å². The van der Waals surface area contributed by atoms with Gasteiger partial charge in [0, 0.05) is 44.5 Å². The monoisotopic (exact) mass is 418 g/mol. The number of nitrogens with zero attached hydrogens (tertiary/aromatic N) is 3. The van der Waals surface area contributed by atoms with Crippen molar-refractivity contribution in [3.05, 3.63) is 63.2 Å². The molecule has 1 aliphatic heterocycles. The van der Waals surface area contributed by atoms with E-state index in [4.69, 9.17) is 16.3 Å². The molecule has 0 spiro atoms. The second-order valence-corrected chi connectivity index (χ2v) is 7.28. The number of carbonyl (C=O) groups is 1. The van der Waals surface area contributed by atoms with Gasteiger partial charge in [-0.2, -0.15) is 0 Å². The number of hydrogen-bond acceptors (Lipinski definition) is 6. The summed E-state index contributed by atoms with van der Waals surface area (Å²) < 4.78 is 5.26. The van der Waals surface area contributed by atoms with E-state index in [1.54, 1.807) is 13.2 Å². The average Bonchev–Trinajstić information content (AvgIpc) is 2.71. The fourth-order valence-corrected chi connectivity index (χ4v) is 3.46. The third-order valence-electron chi connectivity index (χ3n) is 4.80. The number of benzene rings is 2. The van der Waals surface area contributed by atoms with Crippen LogP contribution in [-0.2, 0) is 11.3 Å².